The molecule has 2 aromatic carbocycles. The lowest BCUT2D eigenvalue weighted by Gasteiger charge is -2.11. The van der Waals surface area contributed by atoms with Crippen molar-refractivity contribution >= 4 is 17.3 Å². The predicted molar refractivity (Wildman–Crippen MR) is 62.3 cm³/mol. The van der Waals surface area contributed by atoms with Gasteiger partial charge in [-0.05, 0) is 30.3 Å². The average Bonchev–Trinajstić information content (AvgIpc) is 2.32. The van der Waals surface area contributed by atoms with Crippen LogP contribution in [-0.4, -0.2) is 0 Å². The van der Waals surface area contributed by atoms with Gasteiger partial charge in [0.2, 0.25) is 5.82 Å². The zero-order chi connectivity index (χ0) is 13.3. The van der Waals surface area contributed by atoms with Gasteiger partial charge in [0.15, 0.2) is 11.6 Å². The van der Waals surface area contributed by atoms with Crippen molar-refractivity contribution in [3.05, 3.63) is 52.8 Å². The zero-order valence-corrected chi connectivity index (χ0v) is 9.64. The normalized spacial score (nSPS) is 10.4. The van der Waals surface area contributed by atoms with Crippen LogP contribution in [0.25, 0.3) is 0 Å². The van der Waals surface area contributed by atoms with Crippen LogP contribution in [0.4, 0.5) is 18.9 Å². The highest BCUT2D eigenvalue weighted by Crippen LogP contribution is 2.35. The van der Waals surface area contributed by atoms with Gasteiger partial charge < -0.3 is 10.5 Å². The van der Waals surface area contributed by atoms with E-state index in [0.717, 1.165) is 24.3 Å². The summed E-state index contributed by atoms with van der Waals surface area (Å²) in [4.78, 5) is 0. The number of anilines is 1. The van der Waals surface area contributed by atoms with E-state index in [1.54, 1.807) is 0 Å². The van der Waals surface area contributed by atoms with E-state index < -0.39 is 23.2 Å². The molecule has 2 nitrogen and oxygen atoms in total. The van der Waals surface area contributed by atoms with E-state index in [2.05, 4.69) is 0 Å². The summed E-state index contributed by atoms with van der Waals surface area (Å²) in [5.41, 5.74) is 5.38. The van der Waals surface area contributed by atoms with Gasteiger partial charge in [-0.1, -0.05) is 11.6 Å². The average molecular weight is 274 g/mol. The molecule has 0 fully saturated rings. The molecule has 0 heterocycles. The second-order valence-corrected chi connectivity index (χ2v) is 3.86. The van der Waals surface area contributed by atoms with Crippen LogP contribution in [0, 0.1) is 17.5 Å². The van der Waals surface area contributed by atoms with Crippen LogP contribution in [0.5, 0.6) is 11.5 Å². The maximum Gasteiger partial charge on any atom is 0.203 e. The Morgan fingerprint density at radius 1 is 1.06 bits per heavy atom. The minimum absolute atomic E-state index is 0.0192. The first-order valence-electron chi connectivity index (χ1n) is 4.85. The Balaban J connectivity index is 2.43. The number of rotatable bonds is 2. The number of benzene rings is 2. The number of halogens is 4. The summed E-state index contributed by atoms with van der Waals surface area (Å²) in [6.45, 7) is 0. The SMILES string of the molecule is Nc1ccc(F)c(F)c1Oc1ccc(F)cc1Cl. The van der Waals surface area contributed by atoms with Crippen LogP contribution in [0.2, 0.25) is 5.02 Å². The predicted octanol–water partition coefficient (Wildman–Crippen LogP) is 4.13. The van der Waals surface area contributed by atoms with Crippen molar-refractivity contribution in [1.82, 2.24) is 0 Å². The minimum Gasteiger partial charge on any atom is -0.450 e. The first-order valence-corrected chi connectivity index (χ1v) is 5.23. The number of nitrogen functional groups attached to an aromatic ring is 1. The molecule has 94 valence electrons. The summed E-state index contributed by atoms with van der Waals surface area (Å²) in [7, 11) is 0. The molecule has 0 unspecified atom stereocenters. The fourth-order valence-electron chi connectivity index (χ4n) is 1.32. The molecule has 6 heteroatoms. The summed E-state index contributed by atoms with van der Waals surface area (Å²) in [6.07, 6.45) is 0. The van der Waals surface area contributed by atoms with E-state index in [-0.39, 0.29) is 16.5 Å². The monoisotopic (exact) mass is 273 g/mol. The third kappa shape index (κ3) is 2.36. The Hall–Kier alpha value is -1.88. The van der Waals surface area contributed by atoms with E-state index >= 15 is 0 Å². The number of ether oxygens (including phenoxy) is 1. The molecular weight excluding hydrogens is 267 g/mol. The highest BCUT2D eigenvalue weighted by atomic mass is 35.5. The Kier molecular flexibility index (Phi) is 3.34. The molecule has 0 aliphatic rings. The maximum atomic E-state index is 13.5. The lowest BCUT2D eigenvalue weighted by atomic mass is 10.2. The molecule has 0 saturated heterocycles. The highest BCUT2D eigenvalue weighted by Gasteiger charge is 2.15. The van der Waals surface area contributed by atoms with Crippen LogP contribution >= 0.6 is 11.6 Å². The molecule has 0 atom stereocenters. The van der Waals surface area contributed by atoms with Crippen molar-refractivity contribution in [1.29, 1.82) is 0 Å². The molecule has 2 aromatic rings. The summed E-state index contributed by atoms with van der Waals surface area (Å²) < 4.78 is 44.4. The topological polar surface area (TPSA) is 35.2 Å². The van der Waals surface area contributed by atoms with Crippen LogP contribution in [0.3, 0.4) is 0 Å². The van der Waals surface area contributed by atoms with Gasteiger partial charge in [0, 0.05) is 0 Å². The second-order valence-electron chi connectivity index (χ2n) is 3.46. The molecule has 0 aromatic heterocycles. The van der Waals surface area contributed by atoms with Crippen molar-refractivity contribution in [2.75, 3.05) is 5.73 Å². The Bertz CT molecular complexity index is 604. The standard InChI is InChI=1S/C12H7ClF3NO/c13-7-5-6(14)1-4-10(7)18-12-9(17)3-2-8(15)11(12)16/h1-5H,17H2. The van der Waals surface area contributed by atoms with Crippen LogP contribution in [0.1, 0.15) is 0 Å². The zero-order valence-electron chi connectivity index (χ0n) is 8.88. The van der Waals surface area contributed by atoms with Crippen molar-refractivity contribution < 1.29 is 17.9 Å². The second kappa shape index (κ2) is 4.78. The summed E-state index contributed by atoms with van der Waals surface area (Å²) in [5.74, 6) is -3.40. The number of hydrogen-bond acceptors (Lipinski definition) is 2. The molecule has 0 amide bonds. The molecule has 0 aliphatic heterocycles. The lowest BCUT2D eigenvalue weighted by Crippen LogP contribution is -1.98. The van der Waals surface area contributed by atoms with Gasteiger partial charge in [0.05, 0.1) is 10.7 Å². The van der Waals surface area contributed by atoms with Gasteiger partial charge in [-0.15, -0.1) is 0 Å². The first-order chi connectivity index (χ1) is 8.49. The van der Waals surface area contributed by atoms with Crippen LogP contribution < -0.4 is 10.5 Å². The molecular formula is C12H7ClF3NO. The molecule has 0 saturated carbocycles. The quantitative estimate of drug-likeness (QED) is 0.835. The van der Waals surface area contributed by atoms with Gasteiger partial charge >= 0.3 is 0 Å². The molecule has 0 spiro atoms. The molecule has 0 radical (unpaired) electrons. The Morgan fingerprint density at radius 2 is 1.78 bits per heavy atom. The van der Waals surface area contributed by atoms with Gasteiger partial charge in [0.1, 0.15) is 11.6 Å². The van der Waals surface area contributed by atoms with Gasteiger partial charge in [-0.2, -0.15) is 4.39 Å². The van der Waals surface area contributed by atoms with Gasteiger partial charge in [-0.25, -0.2) is 8.78 Å². The maximum absolute atomic E-state index is 13.5. The molecule has 18 heavy (non-hydrogen) atoms. The largest absolute Gasteiger partial charge is 0.450 e. The molecule has 0 bridgehead atoms. The molecule has 2 N–H and O–H groups in total. The van der Waals surface area contributed by atoms with Gasteiger partial charge in [-0.3, -0.25) is 0 Å². The minimum atomic E-state index is -1.23. The highest BCUT2D eigenvalue weighted by molar-refractivity contribution is 6.32. The molecule has 2 rings (SSSR count). The first kappa shape index (κ1) is 12.6. The van der Waals surface area contributed by atoms with E-state index in [4.69, 9.17) is 22.1 Å². The number of hydrogen-bond donors (Lipinski definition) is 1. The summed E-state index contributed by atoms with van der Waals surface area (Å²) >= 11 is 5.70. The van der Waals surface area contributed by atoms with Crippen molar-refractivity contribution in [3.8, 4) is 11.5 Å². The molecule has 0 aliphatic carbocycles. The van der Waals surface area contributed by atoms with Crippen molar-refractivity contribution in [2.24, 2.45) is 0 Å². The third-order valence-electron chi connectivity index (χ3n) is 2.19. The van der Waals surface area contributed by atoms with E-state index in [9.17, 15) is 13.2 Å². The Morgan fingerprint density at radius 3 is 2.44 bits per heavy atom. The fourth-order valence-corrected chi connectivity index (χ4v) is 1.52. The smallest absolute Gasteiger partial charge is 0.203 e. The van der Waals surface area contributed by atoms with Gasteiger partial charge in [0.25, 0.3) is 0 Å². The number of nitrogens with two attached hydrogens (primary N) is 1. The summed E-state index contributed by atoms with van der Waals surface area (Å²) in [5, 5.41) is -0.0712. The van der Waals surface area contributed by atoms with E-state index in [0.29, 0.717) is 0 Å². The lowest BCUT2D eigenvalue weighted by molar-refractivity contribution is 0.418. The Labute approximate surface area is 106 Å². The van der Waals surface area contributed by atoms with Crippen LogP contribution in [0.15, 0.2) is 30.3 Å². The third-order valence-corrected chi connectivity index (χ3v) is 2.48. The van der Waals surface area contributed by atoms with E-state index in [1.165, 1.54) is 6.07 Å². The fraction of sp³-hybridized carbons (Fsp3) is 0. The van der Waals surface area contributed by atoms with E-state index in [1.807, 2.05) is 0 Å². The van der Waals surface area contributed by atoms with Crippen molar-refractivity contribution in [2.45, 2.75) is 0 Å². The van der Waals surface area contributed by atoms with Crippen LogP contribution in [-0.2, 0) is 0 Å². The van der Waals surface area contributed by atoms with Crippen molar-refractivity contribution in [3.63, 3.8) is 0 Å². The summed E-state index contributed by atoms with van der Waals surface area (Å²) in [6, 6.07) is 5.30.